The Bertz CT molecular complexity index is 646. The van der Waals surface area contributed by atoms with E-state index in [9.17, 15) is 4.79 Å². The first kappa shape index (κ1) is 18.0. The Balaban J connectivity index is 1.96. The summed E-state index contributed by atoms with van der Waals surface area (Å²) in [6.07, 6.45) is -0.0535. The van der Waals surface area contributed by atoms with Gasteiger partial charge in [-0.1, -0.05) is 55.5 Å². The monoisotopic (exact) mass is 371 g/mol. The molecule has 1 unspecified atom stereocenters. The second-order valence-corrected chi connectivity index (χ2v) is 8.24. The number of halogens is 1. The van der Waals surface area contributed by atoms with Gasteiger partial charge in [0.05, 0.1) is 0 Å². The molecule has 0 saturated carbocycles. The predicted molar refractivity (Wildman–Crippen MR) is 95.7 cm³/mol. The molecule has 1 amide bonds. The molecule has 5 nitrogen and oxygen atoms in total. The fourth-order valence-electron chi connectivity index (χ4n) is 1.70. The molecule has 0 bridgehead atoms. The van der Waals surface area contributed by atoms with Crippen LogP contribution in [0, 0.1) is 0 Å². The van der Waals surface area contributed by atoms with E-state index in [1.807, 2.05) is 6.92 Å². The molecule has 8 heteroatoms. The molecule has 1 aromatic heterocycles. The highest BCUT2D eigenvalue weighted by Gasteiger charge is 2.20. The quantitative estimate of drug-likeness (QED) is 0.574. The van der Waals surface area contributed by atoms with Gasteiger partial charge in [-0.2, -0.15) is 0 Å². The lowest BCUT2D eigenvalue weighted by atomic mass is 10.2. The number of carbonyl (C=O) groups excluding carboxylic acids is 1. The zero-order chi connectivity index (χ0) is 16.8. The Morgan fingerprint density at radius 1 is 1.35 bits per heavy atom. The summed E-state index contributed by atoms with van der Waals surface area (Å²) in [4.78, 5) is 12.3. The summed E-state index contributed by atoms with van der Waals surface area (Å²) in [6.45, 7) is 6.05. The number of benzene rings is 1. The zero-order valence-corrected chi connectivity index (χ0v) is 15.5. The van der Waals surface area contributed by atoms with Crippen molar-refractivity contribution in [1.29, 1.82) is 0 Å². The van der Waals surface area contributed by atoms with Gasteiger partial charge >= 0.3 is 0 Å². The van der Waals surface area contributed by atoms with Gasteiger partial charge in [-0.25, -0.2) is 0 Å². The first-order valence-electron chi connectivity index (χ1n) is 7.21. The van der Waals surface area contributed by atoms with Crippen molar-refractivity contribution in [2.45, 2.75) is 42.9 Å². The first-order valence-corrected chi connectivity index (χ1v) is 9.28. The highest BCUT2D eigenvalue weighted by molar-refractivity contribution is 8.01. The van der Waals surface area contributed by atoms with Gasteiger partial charge in [0.2, 0.25) is 5.13 Å². The summed E-state index contributed by atoms with van der Waals surface area (Å²) in [5, 5.41) is 12.3. The molecule has 2 aromatic rings. The van der Waals surface area contributed by atoms with Crippen LogP contribution in [0.1, 0.15) is 27.2 Å². The van der Waals surface area contributed by atoms with Crippen molar-refractivity contribution in [2.24, 2.45) is 0 Å². The molecule has 1 aromatic carbocycles. The van der Waals surface area contributed by atoms with Crippen molar-refractivity contribution >= 4 is 45.7 Å². The first-order chi connectivity index (χ1) is 11.0. The number of carbonyl (C=O) groups is 1. The molecule has 1 heterocycles. The summed E-state index contributed by atoms with van der Waals surface area (Å²) < 4.78 is 6.54. The van der Waals surface area contributed by atoms with Crippen LogP contribution in [0.3, 0.4) is 0 Å². The molecular formula is C15H18ClN3O2S2. The molecule has 1 atom stereocenters. The number of nitrogens with one attached hydrogen (secondary N) is 1. The number of anilines is 1. The number of amides is 1. The van der Waals surface area contributed by atoms with Crippen molar-refractivity contribution in [3.63, 3.8) is 0 Å². The van der Waals surface area contributed by atoms with E-state index in [1.165, 1.54) is 11.3 Å². The smallest absolute Gasteiger partial charge is 0.267 e. The van der Waals surface area contributed by atoms with Crippen LogP contribution in [-0.2, 0) is 4.79 Å². The average Bonchev–Trinajstić information content (AvgIpc) is 2.92. The van der Waals surface area contributed by atoms with Crippen LogP contribution in [0.15, 0.2) is 28.6 Å². The third-order valence-electron chi connectivity index (χ3n) is 2.73. The maximum atomic E-state index is 12.3. The second kappa shape index (κ2) is 8.52. The van der Waals surface area contributed by atoms with E-state index in [4.69, 9.17) is 16.3 Å². The van der Waals surface area contributed by atoms with Gasteiger partial charge in [-0.3, -0.25) is 10.1 Å². The van der Waals surface area contributed by atoms with Gasteiger partial charge < -0.3 is 4.74 Å². The molecule has 0 saturated heterocycles. The topological polar surface area (TPSA) is 64.1 Å². The van der Waals surface area contributed by atoms with Gasteiger partial charge in [0.1, 0.15) is 5.75 Å². The van der Waals surface area contributed by atoms with Gasteiger partial charge in [-0.15, -0.1) is 10.2 Å². The van der Waals surface area contributed by atoms with Gasteiger partial charge in [-0.05, 0) is 30.7 Å². The maximum absolute atomic E-state index is 12.3. The lowest BCUT2D eigenvalue weighted by Crippen LogP contribution is -2.32. The number of nitrogens with zero attached hydrogens (tertiary/aromatic N) is 2. The van der Waals surface area contributed by atoms with Crippen molar-refractivity contribution in [3.8, 4) is 5.75 Å². The number of hydrogen-bond acceptors (Lipinski definition) is 6. The molecule has 0 radical (unpaired) electrons. The molecule has 0 fully saturated rings. The van der Waals surface area contributed by atoms with Crippen molar-refractivity contribution in [1.82, 2.24) is 10.2 Å². The molecular weight excluding hydrogens is 354 g/mol. The summed E-state index contributed by atoms with van der Waals surface area (Å²) in [5.41, 5.74) is 0. The molecule has 23 heavy (non-hydrogen) atoms. The summed E-state index contributed by atoms with van der Waals surface area (Å²) in [6, 6.07) is 6.92. The van der Waals surface area contributed by atoms with Crippen LogP contribution in [0.2, 0.25) is 5.02 Å². The lowest BCUT2D eigenvalue weighted by molar-refractivity contribution is -0.122. The normalized spacial score (nSPS) is 12.2. The standard InChI is InChI=1S/C15H18ClN3O2S2/c1-4-12(21-11-7-5-10(16)6-8-11)13(20)17-14-18-19-15(23-14)22-9(2)3/h5-9,12H,4H2,1-3H3,(H,17,18,20). The highest BCUT2D eigenvalue weighted by Crippen LogP contribution is 2.28. The largest absolute Gasteiger partial charge is 0.481 e. The van der Waals surface area contributed by atoms with E-state index in [0.29, 0.717) is 27.6 Å². The van der Waals surface area contributed by atoms with E-state index >= 15 is 0 Å². The third kappa shape index (κ3) is 5.67. The molecule has 0 aliphatic rings. The fourth-order valence-corrected chi connectivity index (χ4v) is 3.80. The molecule has 0 spiro atoms. The number of ether oxygens (including phenoxy) is 1. The van der Waals surface area contributed by atoms with Crippen LogP contribution in [0.25, 0.3) is 0 Å². The SMILES string of the molecule is CCC(Oc1ccc(Cl)cc1)C(=O)Nc1nnc(SC(C)C)s1. The van der Waals surface area contributed by atoms with E-state index in [2.05, 4.69) is 29.4 Å². The fraction of sp³-hybridized carbons (Fsp3) is 0.400. The summed E-state index contributed by atoms with van der Waals surface area (Å²) >= 11 is 8.82. The van der Waals surface area contributed by atoms with Gasteiger partial charge in [0, 0.05) is 10.3 Å². The molecule has 1 N–H and O–H groups in total. The minimum Gasteiger partial charge on any atom is -0.481 e. The van der Waals surface area contributed by atoms with E-state index in [0.717, 1.165) is 4.34 Å². The zero-order valence-electron chi connectivity index (χ0n) is 13.1. The van der Waals surface area contributed by atoms with Gasteiger partial charge in [0.15, 0.2) is 10.4 Å². The number of aromatic nitrogens is 2. The molecule has 0 aliphatic heterocycles. The van der Waals surface area contributed by atoms with Crippen LogP contribution >= 0.6 is 34.7 Å². The van der Waals surface area contributed by atoms with Crippen LogP contribution in [0.4, 0.5) is 5.13 Å². The van der Waals surface area contributed by atoms with E-state index < -0.39 is 6.10 Å². The maximum Gasteiger partial charge on any atom is 0.267 e. The summed E-state index contributed by atoms with van der Waals surface area (Å²) in [7, 11) is 0. The molecule has 0 aliphatic carbocycles. The molecule has 124 valence electrons. The molecule has 2 rings (SSSR count). The number of rotatable bonds is 7. The van der Waals surface area contributed by atoms with Crippen molar-refractivity contribution < 1.29 is 9.53 Å². The van der Waals surface area contributed by atoms with Crippen LogP contribution in [-0.4, -0.2) is 27.5 Å². The Hall–Kier alpha value is -1.31. The van der Waals surface area contributed by atoms with Crippen molar-refractivity contribution in [2.75, 3.05) is 5.32 Å². The minimum absolute atomic E-state index is 0.236. The minimum atomic E-state index is -0.596. The van der Waals surface area contributed by atoms with Crippen LogP contribution in [0.5, 0.6) is 5.75 Å². The number of hydrogen-bond donors (Lipinski definition) is 1. The third-order valence-corrected chi connectivity index (χ3v) is 4.91. The Morgan fingerprint density at radius 2 is 2.04 bits per heavy atom. The highest BCUT2D eigenvalue weighted by atomic mass is 35.5. The lowest BCUT2D eigenvalue weighted by Gasteiger charge is -2.16. The van der Waals surface area contributed by atoms with E-state index in [1.54, 1.807) is 36.0 Å². The van der Waals surface area contributed by atoms with Crippen molar-refractivity contribution in [3.05, 3.63) is 29.3 Å². The van der Waals surface area contributed by atoms with Crippen LogP contribution < -0.4 is 10.1 Å². The Labute approximate surface area is 148 Å². The second-order valence-electron chi connectivity index (χ2n) is 5.00. The Morgan fingerprint density at radius 3 is 2.65 bits per heavy atom. The predicted octanol–water partition coefficient (Wildman–Crippen LogP) is 4.49. The number of thioether (sulfide) groups is 1. The Kier molecular flexibility index (Phi) is 6.68. The van der Waals surface area contributed by atoms with Gasteiger partial charge in [0.25, 0.3) is 5.91 Å². The average molecular weight is 372 g/mol. The van der Waals surface area contributed by atoms with E-state index in [-0.39, 0.29) is 5.91 Å². The summed E-state index contributed by atoms with van der Waals surface area (Å²) in [5.74, 6) is 0.365.